The molecule has 4 rings (SSSR count). The number of sulfonamides is 1. The van der Waals surface area contributed by atoms with Gasteiger partial charge in [-0.1, -0.05) is 18.2 Å². The third-order valence-electron chi connectivity index (χ3n) is 5.71. The lowest BCUT2D eigenvalue weighted by Gasteiger charge is -2.41. The molecule has 0 radical (unpaired) electrons. The number of carbonyl (C=O) groups excluding carboxylic acids is 1. The minimum Gasteiger partial charge on any atom is -0.301 e. The highest BCUT2D eigenvalue weighted by Gasteiger charge is 2.36. The molecule has 0 saturated carbocycles. The molecule has 1 saturated heterocycles. The van der Waals surface area contributed by atoms with Gasteiger partial charge in [0.25, 0.3) is 0 Å². The normalized spacial score (nSPS) is 19.0. The molecule has 1 aromatic heterocycles. The number of hydrogen-bond donors (Lipinski definition) is 0. The van der Waals surface area contributed by atoms with E-state index in [1.54, 1.807) is 6.20 Å². The predicted molar refractivity (Wildman–Crippen MR) is 117 cm³/mol. The maximum absolute atomic E-state index is 13.1. The lowest BCUT2D eigenvalue weighted by atomic mass is 10.00. The molecule has 0 aliphatic carbocycles. The Balaban J connectivity index is 1.58. The van der Waals surface area contributed by atoms with Gasteiger partial charge in [-0.25, -0.2) is 8.42 Å². The number of nitriles is 1. The molecule has 158 valence electrons. The van der Waals surface area contributed by atoms with Gasteiger partial charge in [0.1, 0.15) is 6.29 Å². The summed E-state index contributed by atoms with van der Waals surface area (Å²) in [5, 5.41) is 9.86. The summed E-state index contributed by atoms with van der Waals surface area (Å²) >= 11 is 0. The summed E-state index contributed by atoms with van der Waals surface area (Å²) in [5.74, 6) is 0. The zero-order chi connectivity index (χ0) is 22.0. The maximum Gasteiger partial charge on any atom is 0.243 e. The van der Waals surface area contributed by atoms with E-state index in [4.69, 9.17) is 5.26 Å². The average Bonchev–Trinajstić information content (AvgIpc) is 2.79. The van der Waals surface area contributed by atoms with E-state index in [9.17, 15) is 13.2 Å². The van der Waals surface area contributed by atoms with Gasteiger partial charge in [0, 0.05) is 37.3 Å². The van der Waals surface area contributed by atoms with E-state index in [1.807, 2.05) is 48.2 Å². The summed E-state index contributed by atoms with van der Waals surface area (Å²) in [6.07, 6.45) is 2.64. The Labute approximate surface area is 181 Å². The first-order valence-corrected chi connectivity index (χ1v) is 11.4. The van der Waals surface area contributed by atoms with E-state index in [2.05, 4.69) is 4.98 Å². The molecule has 3 aromatic rings. The Morgan fingerprint density at radius 2 is 1.90 bits per heavy atom. The number of benzene rings is 2. The summed E-state index contributed by atoms with van der Waals surface area (Å²) in [6.45, 7) is 2.98. The molecular weight excluding hydrogens is 412 g/mol. The van der Waals surface area contributed by atoms with E-state index >= 15 is 0 Å². The van der Waals surface area contributed by atoms with Crippen molar-refractivity contribution in [1.29, 1.82) is 5.26 Å². The summed E-state index contributed by atoms with van der Waals surface area (Å²) in [7, 11) is -3.69. The van der Waals surface area contributed by atoms with Gasteiger partial charge in [0.2, 0.25) is 10.0 Å². The Morgan fingerprint density at radius 3 is 2.58 bits per heavy atom. The molecule has 0 N–H and O–H groups in total. The monoisotopic (exact) mass is 434 g/mol. The van der Waals surface area contributed by atoms with Crippen LogP contribution >= 0.6 is 0 Å². The Kier molecular flexibility index (Phi) is 5.83. The molecule has 0 spiro atoms. The second-order valence-corrected chi connectivity index (χ2v) is 9.48. The van der Waals surface area contributed by atoms with E-state index in [0.717, 1.165) is 22.8 Å². The molecule has 0 bridgehead atoms. The Bertz CT molecular complexity index is 1250. The number of piperazine rings is 1. The zero-order valence-corrected chi connectivity index (χ0v) is 17.9. The van der Waals surface area contributed by atoms with Crippen LogP contribution in [-0.2, 0) is 14.8 Å². The number of aldehydes is 1. The number of rotatable bonds is 5. The van der Waals surface area contributed by atoms with Crippen molar-refractivity contribution in [3.63, 3.8) is 0 Å². The van der Waals surface area contributed by atoms with E-state index in [0.29, 0.717) is 18.7 Å². The minimum absolute atomic E-state index is 0.166. The average molecular weight is 435 g/mol. The van der Waals surface area contributed by atoms with Gasteiger partial charge in [-0.3, -0.25) is 9.88 Å². The van der Waals surface area contributed by atoms with E-state index in [1.165, 1.54) is 28.6 Å². The van der Waals surface area contributed by atoms with Crippen molar-refractivity contribution in [2.75, 3.05) is 19.6 Å². The van der Waals surface area contributed by atoms with Crippen molar-refractivity contribution in [2.24, 2.45) is 0 Å². The Hall–Kier alpha value is -3.12. The van der Waals surface area contributed by atoms with Crippen molar-refractivity contribution in [3.8, 4) is 6.07 Å². The van der Waals surface area contributed by atoms with Crippen molar-refractivity contribution < 1.29 is 13.2 Å². The SMILES string of the molecule is C[C@@H]1CN(C(C=O)c2cccc3ncccc23)CCN1S(=O)(=O)c1ccc(C#N)cc1. The number of carbonyl (C=O) groups is 1. The van der Waals surface area contributed by atoms with E-state index < -0.39 is 16.1 Å². The van der Waals surface area contributed by atoms with Gasteiger partial charge >= 0.3 is 0 Å². The maximum atomic E-state index is 13.1. The molecule has 2 aromatic carbocycles. The van der Waals surface area contributed by atoms with Crippen LogP contribution in [0.25, 0.3) is 10.9 Å². The number of hydrogen-bond acceptors (Lipinski definition) is 6. The highest BCUT2D eigenvalue weighted by molar-refractivity contribution is 7.89. The number of nitrogens with zero attached hydrogens (tertiary/aromatic N) is 4. The van der Waals surface area contributed by atoms with Gasteiger partial charge in [0.15, 0.2) is 0 Å². The van der Waals surface area contributed by atoms with Gasteiger partial charge in [0.05, 0.1) is 28.1 Å². The second kappa shape index (κ2) is 8.55. The standard InChI is InChI=1S/C23H22N4O3S/c1-17-15-26(23(16-28)21-4-2-6-22-20(21)5-3-11-25-22)12-13-27(17)31(29,30)19-9-7-18(14-24)8-10-19/h2-11,16-17,23H,12-13,15H2,1H3/t17-,23?/m1/s1. The first-order chi connectivity index (χ1) is 15.0. The number of aromatic nitrogens is 1. The van der Waals surface area contributed by atoms with E-state index in [-0.39, 0.29) is 17.5 Å². The lowest BCUT2D eigenvalue weighted by molar-refractivity contribution is -0.113. The number of pyridine rings is 1. The highest BCUT2D eigenvalue weighted by Crippen LogP contribution is 2.30. The van der Waals surface area contributed by atoms with Crippen LogP contribution in [0.3, 0.4) is 0 Å². The van der Waals surface area contributed by atoms with Crippen LogP contribution in [0.1, 0.15) is 24.1 Å². The largest absolute Gasteiger partial charge is 0.301 e. The molecule has 7 nitrogen and oxygen atoms in total. The van der Waals surface area contributed by atoms with Gasteiger partial charge in [-0.2, -0.15) is 9.57 Å². The lowest BCUT2D eigenvalue weighted by Crippen LogP contribution is -2.54. The van der Waals surface area contributed by atoms with Gasteiger partial charge in [-0.05, 0) is 48.9 Å². The fourth-order valence-electron chi connectivity index (χ4n) is 4.16. The second-order valence-electron chi connectivity index (χ2n) is 7.59. The van der Waals surface area contributed by atoms with Crippen molar-refractivity contribution in [2.45, 2.75) is 23.9 Å². The summed E-state index contributed by atoms with van der Waals surface area (Å²) < 4.78 is 27.7. The molecule has 1 fully saturated rings. The van der Waals surface area contributed by atoms with Crippen LogP contribution in [0.2, 0.25) is 0 Å². The molecule has 2 heterocycles. The molecule has 8 heteroatoms. The molecule has 31 heavy (non-hydrogen) atoms. The smallest absolute Gasteiger partial charge is 0.243 e. The molecule has 1 aliphatic rings. The minimum atomic E-state index is -3.69. The fourth-order valence-corrected chi connectivity index (χ4v) is 5.77. The zero-order valence-electron chi connectivity index (χ0n) is 17.0. The van der Waals surface area contributed by atoms with Crippen LogP contribution in [0.15, 0.2) is 65.7 Å². The molecular formula is C23H22N4O3S. The van der Waals surface area contributed by atoms with Crippen molar-refractivity contribution in [3.05, 3.63) is 71.9 Å². The molecule has 1 aliphatic heterocycles. The fraction of sp³-hybridized carbons (Fsp3) is 0.261. The first-order valence-electron chi connectivity index (χ1n) is 10.0. The Morgan fingerprint density at radius 1 is 1.13 bits per heavy atom. The third-order valence-corrected chi connectivity index (χ3v) is 7.74. The summed E-state index contributed by atoms with van der Waals surface area (Å²) in [5.41, 5.74) is 2.10. The summed E-state index contributed by atoms with van der Waals surface area (Å²) in [4.78, 5) is 18.6. The van der Waals surface area contributed by atoms with Crippen molar-refractivity contribution >= 4 is 27.2 Å². The molecule has 2 atom stereocenters. The topological polar surface area (TPSA) is 94.4 Å². The molecule has 1 unspecified atom stereocenters. The summed E-state index contributed by atoms with van der Waals surface area (Å²) in [6, 6.07) is 16.6. The van der Waals surface area contributed by atoms with Crippen molar-refractivity contribution in [1.82, 2.24) is 14.2 Å². The first kappa shape index (κ1) is 21.1. The van der Waals surface area contributed by atoms with Crippen LogP contribution < -0.4 is 0 Å². The quantitative estimate of drug-likeness (QED) is 0.573. The third kappa shape index (κ3) is 3.95. The van der Waals surface area contributed by atoms with Gasteiger partial charge in [-0.15, -0.1) is 0 Å². The van der Waals surface area contributed by atoms with Crippen LogP contribution in [0.4, 0.5) is 0 Å². The predicted octanol–water partition coefficient (Wildman–Crippen LogP) is 2.74. The van der Waals surface area contributed by atoms with Gasteiger partial charge < -0.3 is 4.79 Å². The van der Waals surface area contributed by atoms with Crippen LogP contribution in [0.5, 0.6) is 0 Å². The highest BCUT2D eigenvalue weighted by atomic mass is 32.2. The molecule has 0 amide bonds. The number of fused-ring (bicyclic) bond motifs is 1. The van der Waals surface area contributed by atoms with Crippen LogP contribution in [0, 0.1) is 11.3 Å². The van der Waals surface area contributed by atoms with Crippen LogP contribution in [-0.4, -0.2) is 54.6 Å².